The van der Waals surface area contributed by atoms with Crippen LogP contribution in [0.5, 0.6) is 5.75 Å². The van der Waals surface area contributed by atoms with Crippen LogP contribution in [0.2, 0.25) is 0 Å². The Morgan fingerprint density at radius 2 is 1.87 bits per heavy atom. The number of hydrogen-bond acceptors (Lipinski definition) is 7. The molecule has 0 aromatic heterocycles. The number of nitrogens with one attached hydrogen (secondary N) is 1. The minimum atomic E-state index is -4.33. The monoisotopic (exact) mass is 468 g/mol. The van der Waals surface area contributed by atoms with E-state index in [4.69, 9.17) is 4.74 Å². The van der Waals surface area contributed by atoms with Crippen LogP contribution in [-0.2, 0) is 31.2 Å². The summed E-state index contributed by atoms with van der Waals surface area (Å²) in [5.41, 5.74) is 0.866. The quantitative estimate of drug-likeness (QED) is 0.620. The predicted octanol–water partition coefficient (Wildman–Crippen LogP) is 1.00. The normalized spacial score (nSPS) is 20.5. The van der Waals surface area contributed by atoms with Gasteiger partial charge in [-0.05, 0) is 23.8 Å². The highest BCUT2D eigenvalue weighted by Gasteiger charge is 2.45. The van der Waals surface area contributed by atoms with E-state index in [0.29, 0.717) is 5.56 Å². The standard InChI is InChI=1S/C20H24N2O7S2/c1-14(23)21-16-8-9-19(29-2)20(10-16)31(27,28)22(11-15-6-4-3-5-7-15)17-12-30(25,26)13-18(17)24/h3-10,17-18,24H,11-13H2,1-2H3,(H,21,23)/t17-,18-/m0/s1. The number of amides is 1. The summed E-state index contributed by atoms with van der Waals surface area (Å²) in [6, 6.07) is 11.7. The fraction of sp³-hybridized carbons (Fsp3) is 0.350. The van der Waals surface area contributed by atoms with Gasteiger partial charge in [0.05, 0.1) is 30.8 Å². The lowest BCUT2D eigenvalue weighted by molar-refractivity contribution is -0.114. The molecule has 31 heavy (non-hydrogen) atoms. The summed E-state index contributed by atoms with van der Waals surface area (Å²) >= 11 is 0. The molecule has 3 rings (SSSR count). The maximum absolute atomic E-state index is 13.7. The molecule has 0 radical (unpaired) electrons. The van der Waals surface area contributed by atoms with E-state index in [0.717, 1.165) is 4.31 Å². The van der Waals surface area contributed by atoms with Gasteiger partial charge in [-0.15, -0.1) is 0 Å². The van der Waals surface area contributed by atoms with Gasteiger partial charge in [0, 0.05) is 19.2 Å². The number of aliphatic hydroxyl groups excluding tert-OH is 1. The Labute approximate surface area is 181 Å². The van der Waals surface area contributed by atoms with Crippen molar-refractivity contribution < 1.29 is 31.5 Å². The van der Waals surface area contributed by atoms with Gasteiger partial charge in [0.15, 0.2) is 9.84 Å². The first-order valence-corrected chi connectivity index (χ1v) is 12.7. The highest BCUT2D eigenvalue weighted by atomic mass is 32.2. The van der Waals surface area contributed by atoms with Crippen molar-refractivity contribution in [3.8, 4) is 5.75 Å². The van der Waals surface area contributed by atoms with Crippen LogP contribution >= 0.6 is 0 Å². The number of hydrogen-bond donors (Lipinski definition) is 2. The van der Waals surface area contributed by atoms with Gasteiger partial charge >= 0.3 is 0 Å². The van der Waals surface area contributed by atoms with E-state index in [-0.39, 0.29) is 28.8 Å². The van der Waals surface area contributed by atoms with Crippen LogP contribution in [0.25, 0.3) is 0 Å². The molecule has 2 aromatic rings. The molecule has 9 nitrogen and oxygen atoms in total. The Bertz CT molecular complexity index is 1170. The number of nitrogens with zero attached hydrogens (tertiary/aromatic N) is 1. The van der Waals surface area contributed by atoms with Crippen LogP contribution < -0.4 is 10.1 Å². The summed E-state index contributed by atoms with van der Waals surface area (Å²) in [5.74, 6) is -1.36. The predicted molar refractivity (Wildman–Crippen MR) is 115 cm³/mol. The topological polar surface area (TPSA) is 130 Å². The Kier molecular flexibility index (Phi) is 6.70. The van der Waals surface area contributed by atoms with Gasteiger partial charge < -0.3 is 15.2 Å². The van der Waals surface area contributed by atoms with Crippen molar-refractivity contribution in [1.82, 2.24) is 4.31 Å². The van der Waals surface area contributed by atoms with Gasteiger partial charge in [0.1, 0.15) is 10.6 Å². The fourth-order valence-electron chi connectivity index (χ4n) is 3.52. The summed E-state index contributed by atoms with van der Waals surface area (Å²) in [6.45, 7) is 1.15. The van der Waals surface area contributed by atoms with Crippen molar-refractivity contribution in [2.75, 3.05) is 23.9 Å². The van der Waals surface area contributed by atoms with E-state index < -0.39 is 43.5 Å². The molecule has 1 aliphatic rings. The molecule has 1 fully saturated rings. The Balaban J connectivity index is 2.12. The molecule has 1 amide bonds. The van der Waals surface area contributed by atoms with E-state index in [1.165, 1.54) is 32.2 Å². The average molecular weight is 469 g/mol. The second-order valence-corrected chi connectivity index (χ2v) is 11.3. The van der Waals surface area contributed by atoms with Crippen molar-refractivity contribution in [3.05, 3.63) is 54.1 Å². The number of carbonyl (C=O) groups excluding carboxylic acids is 1. The first kappa shape index (κ1) is 23.2. The maximum atomic E-state index is 13.7. The zero-order chi connectivity index (χ0) is 22.8. The maximum Gasteiger partial charge on any atom is 0.247 e. The van der Waals surface area contributed by atoms with E-state index in [2.05, 4.69) is 5.32 Å². The van der Waals surface area contributed by atoms with E-state index >= 15 is 0 Å². The Morgan fingerprint density at radius 3 is 2.42 bits per heavy atom. The minimum absolute atomic E-state index is 0.0301. The molecule has 11 heteroatoms. The van der Waals surface area contributed by atoms with Gasteiger partial charge in [-0.1, -0.05) is 30.3 Å². The number of anilines is 1. The number of ether oxygens (including phenoxy) is 1. The highest BCUT2D eigenvalue weighted by Crippen LogP contribution is 2.33. The van der Waals surface area contributed by atoms with E-state index in [1.54, 1.807) is 30.3 Å². The molecule has 1 aliphatic heterocycles. The Morgan fingerprint density at radius 1 is 1.19 bits per heavy atom. The summed E-state index contributed by atoms with van der Waals surface area (Å²) in [6.07, 6.45) is -1.37. The third-order valence-electron chi connectivity index (χ3n) is 4.92. The molecule has 2 atom stereocenters. The third-order valence-corrected chi connectivity index (χ3v) is 8.51. The lowest BCUT2D eigenvalue weighted by Gasteiger charge is -2.30. The van der Waals surface area contributed by atoms with Crippen LogP contribution in [-0.4, -0.2) is 62.9 Å². The number of sulfone groups is 1. The molecule has 168 valence electrons. The zero-order valence-electron chi connectivity index (χ0n) is 17.1. The molecule has 0 aliphatic carbocycles. The second-order valence-electron chi connectivity index (χ2n) is 7.29. The third kappa shape index (κ3) is 5.24. The van der Waals surface area contributed by atoms with Crippen molar-refractivity contribution in [1.29, 1.82) is 0 Å². The SMILES string of the molecule is COc1ccc(NC(C)=O)cc1S(=O)(=O)N(Cc1ccccc1)[C@H]1CS(=O)(=O)C[C@@H]1O. The summed E-state index contributed by atoms with van der Waals surface area (Å²) < 4.78 is 57.9. The molecule has 1 heterocycles. The molecule has 2 N–H and O–H groups in total. The molecule has 0 bridgehead atoms. The summed E-state index contributed by atoms with van der Waals surface area (Å²) in [7, 11) is -6.63. The summed E-state index contributed by atoms with van der Waals surface area (Å²) in [4.78, 5) is 11.2. The van der Waals surface area contributed by atoms with Crippen molar-refractivity contribution in [2.24, 2.45) is 0 Å². The van der Waals surface area contributed by atoms with Gasteiger partial charge in [-0.25, -0.2) is 16.8 Å². The number of aliphatic hydroxyl groups is 1. The Hall–Kier alpha value is -2.47. The number of methoxy groups -OCH3 is 1. The van der Waals surface area contributed by atoms with E-state index in [1.807, 2.05) is 0 Å². The zero-order valence-corrected chi connectivity index (χ0v) is 18.7. The molecule has 1 saturated heterocycles. The van der Waals surface area contributed by atoms with Gasteiger partial charge in [0.2, 0.25) is 15.9 Å². The number of carbonyl (C=O) groups is 1. The lowest BCUT2D eigenvalue weighted by Crippen LogP contribution is -2.46. The first-order chi connectivity index (χ1) is 14.5. The average Bonchev–Trinajstić information content (AvgIpc) is 2.98. The minimum Gasteiger partial charge on any atom is -0.495 e. The first-order valence-electron chi connectivity index (χ1n) is 9.43. The lowest BCUT2D eigenvalue weighted by atomic mass is 10.2. The molecule has 0 saturated carbocycles. The second kappa shape index (κ2) is 8.95. The van der Waals surface area contributed by atoms with Crippen LogP contribution in [0, 0.1) is 0 Å². The van der Waals surface area contributed by atoms with Gasteiger partial charge in [0.25, 0.3) is 0 Å². The van der Waals surface area contributed by atoms with Crippen molar-refractivity contribution >= 4 is 31.5 Å². The van der Waals surface area contributed by atoms with Crippen LogP contribution in [0.3, 0.4) is 0 Å². The number of benzene rings is 2. The van der Waals surface area contributed by atoms with Crippen LogP contribution in [0.15, 0.2) is 53.4 Å². The summed E-state index contributed by atoms with van der Waals surface area (Å²) in [5, 5.41) is 12.9. The largest absolute Gasteiger partial charge is 0.495 e. The van der Waals surface area contributed by atoms with Crippen molar-refractivity contribution in [3.63, 3.8) is 0 Å². The molecular formula is C20H24N2O7S2. The smallest absolute Gasteiger partial charge is 0.247 e. The van der Waals surface area contributed by atoms with Gasteiger partial charge in [-0.2, -0.15) is 4.31 Å². The van der Waals surface area contributed by atoms with Crippen LogP contribution in [0.1, 0.15) is 12.5 Å². The van der Waals surface area contributed by atoms with Crippen molar-refractivity contribution in [2.45, 2.75) is 30.5 Å². The van der Waals surface area contributed by atoms with E-state index in [9.17, 15) is 26.7 Å². The van der Waals surface area contributed by atoms with Gasteiger partial charge in [-0.3, -0.25) is 4.79 Å². The number of sulfonamides is 1. The fourth-order valence-corrected chi connectivity index (χ4v) is 7.24. The molecular weight excluding hydrogens is 444 g/mol. The molecule has 0 unspecified atom stereocenters. The molecule has 2 aromatic carbocycles. The molecule has 0 spiro atoms. The number of rotatable bonds is 7. The highest BCUT2D eigenvalue weighted by molar-refractivity contribution is 7.92. The van der Waals surface area contributed by atoms with Crippen LogP contribution in [0.4, 0.5) is 5.69 Å².